The van der Waals surface area contributed by atoms with Crippen LogP contribution in [-0.4, -0.2) is 26.7 Å². The van der Waals surface area contributed by atoms with E-state index < -0.39 is 20.6 Å². The molecule has 0 saturated carbocycles. The number of anilines is 2. The highest BCUT2D eigenvalue weighted by Gasteiger charge is 2.21. The SMILES string of the molecule is COc1ccc(NS(=O)(=O)c2ccc(NN=Cc3cccs3)c([N+](=O)[O-])c2)cc1. The second-order valence-corrected chi connectivity index (χ2v) is 8.32. The average molecular weight is 432 g/mol. The maximum Gasteiger partial charge on any atom is 0.295 e. The van der Waals surface area contributed by atoms with Crippen molar-refractivity contribution in [2.45, 2.75) is 4.90 Å². The standard InChI is InChI=1S/C18H16N4O5S2/c1-27-14-6-4-13(5-7-14)21-29(25,26)16-8-9-17(18(11-16)22(23)24)20-19-12-15-3-2-10-28-15/h2-12,20-21H,1H3. The van der Waals surface area contributed by atoms with E-state index in [1.54, 1.807) is 12.1 Å². The number of nitrogens with zero attached hydrogens (tertiary/aromatic N) is 2. The van der Waals surface area contributed by atoms with Gasteiger partial charge in [-0.3, -0.25) is 20.3 Å². The number of nitro groups is 1. The van der Waals surface area contributed by atoms with Gasteiger partial charge in [-0.15, -0.1) is 11.3 Å². The smallest absolute Gasteiger partial charge is 0.295 e. The molecule has 9 nitrogen and oxygen atoms in total. The van der Waals surface area contributed by atoms with Crippen LogP contribution in [0.15, 0.2) is 70.0 Å². The van der Waals surface area contributed by atoms with Crippen LogP contribution in [0.3, 0.4) is 0 Å². The molecule has 0 radical (unpaired) electrons. The molecular weight excluding hydrogens is 416 g/mol. The van der Waals surface area contributed by atoms with E-state index in [2.05, 4.69) is 15.2 Å². The Morgan fingerprint density at radius 2 is 1.93 bits per heavy atom. The number of nitrogens with one attached hydrogen (secondary N) is 2. The zero-order valence-corrected chi connectivity index (χ0v) is 16.7. The predicted molar refractivity (Wildman–Crippen MR) is 112 cm³/mol. The highest BCUT2D eigenvalue weighted by atomic mass is 32.2. The molecule has 3 aromatic rings. The minimum absolute atomic E-state index is 0.0752. The zero-order chi connectivity index (χ0) is 20.9. The molecule has 29 heavy (non-hydrogen) atoms. The summed E-state index contributed by atoms with van der Waals surface area (Å²) in [6.45, 7) is 0. The summed E-state index contributed by atoms with van der Waals surface area (Å²) in [6, 6.07) is 13.5. The second kappa shape index (κ2) is 8.71. The van der Waals surface area contributed by atoms with Crippen LogP contribution in [0.1, 0.15) is 4.88 Å². The lowest BCUT2D eigenvalue weighted by Gasteiger charge is -2.10. The lowest BCUT2D eigenvalue weighted by Crippen LogP contribution is -2.13. The molecule has 3 rings (SSSR count). The summed E-state index contributed by atoms with van der Waals surface area (Å²) in [5.74, 6) is 0.571. The van der Waals surface area contributed by atoms with Crippen LogP contribution in [0, 0.1) is 10.1 Å². The molecule has 0 saturated heterocycles. The van der Waals surface area contributed by atoms with Gasteiger partial charge in [-0.1, -0.05) is 6.07 Å². The monoisotopic (exact) mass is 432 g/mol. The van der Waals surface area contributed by atoms with E-state index in [1.165, 1.54) is 48.9 Å². The molecule has 0 aliphatic heterocycles. The highest BCUT2D eigenvalue weighted by Crippen LogP contribution is 2.29. The average Bonchev–Trinajstić information content (AvgIpc) is 3.22. The number of benzene rings is 2. The molecule has 11 heteroatoms. The Labute approximate surface area is 170 Å². The number of ether oxygens (including phenoxy) is 1. The maximum absolute atomic E-state index is 12.6. The molecule has 0 atom stereocenters. The summed E-state index contributed by atoms with van der Waals surface area (Å²) >= 11 is 1.46. The Kier molecular flexibility index (Phi) is 6.10. The molecule has 0 amide bonds. The summed E-state index contributed by atoms with van der Waals surface area (Å²) in [6.07, 6.45) is 1.52. The van der Waals surface area contributed by atoms with Gasteiger partial charge in [-0.2, -0.15) is 5.10 Å². The van der Waals surface area contributed by atoms with Gasteiger partial charge in [-0.05, 0) is 47.8 Å². The van der Waals surface area contributed by atoms with Crippen LogP contribution < -0.4 is 14.9 Å². The minimum atomic E-state index is -4.02. The summed E-state index contributed by atoms with van der Waals surface area (Å²) in [5.41, 5.74) is 2.55. The third kappa shape index (κ3) is 5.09. The van der Waals surface area contributed by atoms with Gasteiger partial charge in [0.25, 0.3) is 15.7 Å². The van der Waals surface area contributed by atoms with Gasteiger partial charge in [0.1, 0.15) is 11.4 Å². The molecule has 1 aromatic heterocycles. The fraction of sp³-hybridized carbons (Fsp3) is 0.0556. The predicted octanol–water partition coefficient (Wildman–Crippen LogP) is 3.91. The van der Waals surface area contributed by atoms with Crippen LogP contribution in [0.2, 0.25) is 0 Å². The number of nitro benzene ring substituents is 1. The Balaban J connectivity index is 1.83. The first-order chi connectivity index (χ1) is 13.9. The molecule has 1 heterocycles. The number of rotatable bonds is 8. The van der Waals surface area contributed by atoms with Crippen LogP contribution in [0.5, 0.6) is 5.75 Å². The van der Waals surface area contributed by atoms with Crippen molar-refractivity contribution < 1.29 is 18.1 Å². The van der Waals surface area contributed by atoms with Crippen LogP contribution >= 0.6 is 11.3 Å². The Bertz CT molecular complexity index is 1130. The molecule has 0 fully saturated rings. The normalized spacial score (nSPS) is 11.3. The molecule has 0 aliphatic carbocycles. The van der Waals surface area contributed by atoms with Crippen LogP contribution in [0.4, 0.5) is 17.1 Å². The third-order valence-corrected chi connectivity index (χ3v) is 5.92. The van der Waals surface area contributed by atoms with E-state index in [4.69, 9.17) is 4.74 Å². The molecule has 0 unspecified atom stereocenters. The lowest BCUT2D eigenvalue weighted by atomic mass is 10.3. The third-order valence-electron chi connectivity index (χ3n) is 3.74. The highest BCUT2D eigenvalue weighted by molar-refractivity contribution is 7.92. The van der Waals surface area contributed by atoms with Crippen molar-refractivity contribution in [1.82, 2.24) is 0 Å². The van der Waals surface area contributed by atoms with E-state index >= 15 is 0 Å². The maximum atomic E-state index is 12.6. The number of methoxy groups -OCH3 is 1. The lowest BCUT2D eigenvalue weighted by molar-refractivity contribution is -0.384. The number of thiophene rings is 1. The number of hydrogen-bond acceptors (Lipinski definition) is 8. The minimum Gasteiger partial charge on any atom is -0.497 e. The van der Waals surface area contributed by atoms with Crippen molar-refractivity contribution in [3.8, 4) is 5.75 Å². The first-order valence-electron chi connectivity index (χ1n) is 8.17. The molecule has 0 bridgehead atoms. The van der Waals surface area contributed by atoms with Crippen molar-refractivity contribution in [2.75, 3.05) is 17.3 Å². The van der Waals surface area contributed by atoms with Crippen molar-refractivity contribution >= 4 is 44.6 Å². The fourth-order valence-corrected chi connectivity index (χ4v) is 3.99. The Morgan fingerprint density at radius 3 is 2.55 bits per heavy atom. The number of hydrogen-bond donors (Lipinski definition) is 2. The van der Waals surface area contributed by atoms with Crippen LogP contribution in [0.25, 0.3) is 0 Å². The van der Waals surface area contributed by atoms with Gasteiger partial charge < -0.3 is 4.74 Å². The topological polar surface area (TPSA) is 123 Å². The summed E-state index contributed by atoms with van der Waals surface area (Å²) in [4.78, 5) is 11.4. The summed E-state index contributed by atoms with van der Waals surface area (Å²) in [7, 11) is -2.52. The van der Waals surface area contributed by atoms with Crippen molar-refractivity contribution in [1.29, 1.82) is 0 Å². The molecule has 0 spiro atoms. The fourth-order valence-electron chi connectivity index (χ4n) is 2.33. The van der Waals surface area contributed by atoms with Gasteiger partial charge >= 0.3 is 0 Å². The summed E-state index contributed by atoms with van der Waals surface area (Å²) in [5, 5.41) is 17.2. The van der Waals surface area contributed by atoms with E-state index in [-0.39, 0.29) is 10.6 Å². The zero-order valence-electron chi connectivity index (χ0n) is 15.1. The van der Waals surface area contributed by atoms with Crippen molar-refractivity contribution in [3.05, 3.63) is 75.0 Å². The van der Waals surface area contributed by atoms with Gasteiger partial charge in [0, 0.05) is 16.6 Å². The van der Waals surface area contributed by atoms with Gasteiger partial charge in [-0.25, -0.2) is 8.42 Å². The molecule has 2 aromatic carbocycles. The molecular formula is C18H16N4O5S2. The van der Waals surface area contributed by atoms with Gasteiger partial charge in [0.2, 0.25) is 0 Å². The van der Waals surface area contributed by atoms with Gasteiger partial charge in [0.05, 0.1) is 23.1 Å². The quantitative estimate of drug-likeness (QED) is 0.316. The van der Waals surface area contributed by atoms with Gasteiger partial charge in [0.15, 0.2) is 0 Å². The molecule has 150 valence electrons. The first kappa shape index (κ1) is 20.3. The number of sulfonamides is 1. The molecule has 0 aliphatic rings. The Hall–Kier alpha value is -3.44. The van der Waals surface area contributed by atoms with E-state index in [9.17, 15) is 18.5 Å². The van der Waals surface area contributed by atoms with E-state index in [0.29, 0.717) is 11.4 Å². The first-order valence-corrected chi connectivity index (χ1v) is 10.5. The Morgan fingerprint density at radius 1 is 1.17 bits per heavy atom. The van der Waals surface area contributed by atoms with Crippen molar-refractivity contribution in [2.24, 2.45) is 5.10 Å². The van der Waals surface area contributed by atoms with E-state index in [0.717, 1.165) is 10.9 Å². The van der Waals surface area contributed by atoms with Crippen LogP contribution in [-0.2, 0) is 10.0 Å². The second-order valence-electron chi connectivity index (χ2n) is 5.66. The van der Waals surface area contributed by atoms with Crippen molar-refractivity contribution in [3.63, 3.8) is 0 Å². The van der Waals surface area contributed by atoms with E-state index in [1.807, 2.05) is 17.5 Å². The summed E-state index contributed by atoms with van der Waals surface area (Å²) < 4.78 is 32.6. The number of hydrazone groups is 1. The molecule has 2 N–H and O–H groups in total. The largest absolute Gasteiger partial charge is 0.497 e.